The first kappa shape index (κ1) is 18.3. The van der Waals surface area contributed by atoms with Gasteiger partial charge in [-0.2, -0.15) is 0 Å². The molecule has 0 amide bonds. The molecular weight excluding hydrogens is 370 g/mol. The minimum atomic E-state index is -0.0805. The van der Waals surface area contributed by atoms with Crippen molar-refractivity contribution in [2.24, 2.45) is 0 Å². The van der Waals surface area contributed by atoms with Gasteiger partial charge in [-0.15, -0.1) is 11.3 Å². The Morgan fingerprint density at radius 2 is 2.00 bits per heavy atom. The van der Waals surface area contributed by atoms with Gasteiger partial charge in [0.2, 0.25) is 0 Å². The van der Waals surface area contributed by atoms with E-state index in [0.29, 0.717) is 6.54 Å². The topological polar surface area (TPSA) is 67.6 Å². The second-order valence-corrected chi connectivity index (χ2v) is 7.61. The third-order valence-electron chi connectivity index (χ3n) is 4.64. The number of nitrogens with one attached hydrogen (secondary N) is 2. The van der Waals surface area contributed by atoms with Gasteiger partial charge in [-0.25, -0.2) is 9.78 Å². The van der Waals surface area contributed by atoms with Gasteiger partial charge in [0.25, 0.3) is 0 Å². The standard InChI is InChI=1S/C21H23N5OS/c27-21-24-20(23-10-9-18-8-4-15-28-18)19(17-6-2-1-3-7-17)26(21)13-5-12-25-14-11-22-16-25/h1-4,6-8,11,14-16,23H,5,9-10,12-13H2,(H,24,27). The van der Waals surface area contributed by atoms with Crippen molar-refractivity contribution in [2.45, 2.75) is 25.9 Å². The van der Waals surface area contributed by atoms with Crippen LogP contribution < -0.4 is 11.0 Å². The highest BCUT2D eigenvalue weighted by Crippen LogP contribution is 2.26. The van der Waals surface area contributed by atoms with Gasteiger partial charge < -0.3 is 9.88 Å². The normalized spacial score (nSPS) is 11.0. The van der Waals surface area contributed by atoms with Crippen LogP contribution in [0.15, 0.2) is 71.4 Å². The smallest absolute Gasteiger partial charge is 0.327 e. The molecule has 144 valence electrons. The number of H-pyrrole nitrogens is 1. The van der Waals surface area contributed by atoms with Crippen LogP contribution in [0.5, 0.6) is 0 Å². The second-order valence-electron chi connectivity index (χ2n) is 6.58. The summed E-state index contributed by atoms with van der Waals surface area (Å²) in [5.41, 5.74) is 1.87. The Morgan fingerprint density at radius 3 is 2.75 bits per heavy atom. The lowest BCUT2D eigenvalue weighted by atomic mass is 10.1. The van der Waals surface area contributed by atoms with E-state index in [1.807, 2.05) is 45.7 Å². The molecule has 3 aromatic heterocycles. The van der Waals surface area contributed by atoms with E-state index in [9.17, 15) is 4.79 Å². The first-order chi connectivity index (χ1) is 13.8. The molecule has 0 saturated carbocycles. The molecule has 4 rings (SSSR count). The summed E-state index contributed by atoms with van der Waals surface area (Å²) in [7, 11) is 0. The van der Waals surface area contributed by atoms with Crippen molar-refractivity contribution in [1.29, 1.82) is 0 Å². The van der Waals surface area contributed by atoms with Crippen LogP contribution in [0.25, 0.3) is 11.3 Å². The molecule has 0 saturated heterocycles. The SMILES string of the molecule is O=c1[nH]c(NCCc2cccs2)c(-c2ccccc2)n1CCCn1ccnc1. The van der Waals surface area contributed by atoms with Crippen molar-refractivity contribution in [3.63, 3.8) is 0 Å². The second kappa shape index (κ2) is 8.75. The number of hydrogen-bond acceptors (Lipinski definition) is 4. The monoisotopic (exact) mass is 393 g/mol. The van der Waals surface area contributed by atoms with Gasteiger partial charge in [0.1, 0.15) is 5.82 Å². The summed E-state index contributed by atoms with van der Waals surface area (Å²) in [5.74, 6) is 0.787. The van der Waals surface area contributed by atoms with Gasteiger partial charge in [0, 0.05) is 42.5 Å². The molecule has 1 aromatic carbocycles. The minimum Gasteiger partial charge on any atom is -0.369 e. The summed E-state index contributed by atoms with van der Waals surface area (Å²) in [6, 6.07) is 14.3. The third kappa shape index (κ3) is 4.26. The van der Waals surface area contributed by atoms with Crippen molar-refractivity contribution in [3.8, 4) is 11.3 Å². The van der Waals surface area contributed by atoms with E-state index < -0.39 is 0 Å². The van der Waals surface area contributed by atoms with Crippen LogP contribution in [0, 0.1) is 0 Å². The zero-order chi connectivity index (χ0) is 19.2. The fraction of sp³-hybridized carbons (Fsp3) is 0.238. The van der Waals surface area contributed by atoms with Gasteiger partial charge in [0.05, 0.1) is 12.0 Å². The Balaban J connectivity index is 1.54. The first-order valence-corrected chi connectivity index (χ1v) is 10.3. The highest BCUT2D eigenvalue weighted by atomic mass is 32.1. The molecule has 0 radical (unpaired) electrons. The van der Waals surface area contributed by atoms with E-state index >= 15 is 0 Å². The maximum Gasteiger partial charge on any atom is 0.327 e. The molecule has 0 unspecified atom stereocenters. The molecule has 7 heteroatoms. The predicted molar refractivity (Wildman–Crippen MR) is 114 cm³/mol. The summed E-state index contributed by atoms with van der Waals surface area (Å²) in [4.78, 5) is 21.1. The van der Waals surface area contributed by atoms with E-state index in [0.717, 1.165) is 43.0 Å². The Hall–Kier alpha value is -3.06. The number of hydrogen-bond donors (Lipinski definition) is 2. The van der Waals surface area contributed by atoms with Crippen molar-refractivity contribution in [2.75, 3.05) is 11.9 Å². The van der Waals surface area contributed by atoms with Gasteiger partial charge in [-0.3, -0.25) is 9.55 Å². The highest BCUT2D eigenvalue weighted by molar-refractivity contribution is 7.09. The van der Waals surface area contributed by atoms with Crippen LogP contribution in [0.4, 0.5) is 5.82 Å². The Morgan fingerprint density at radius 1 is 1.11 bits per heavy atom. The number of aromatic amines is 1. The molecule has 0 aliphatic carbocycles. The number of anilines is 1. The summed E-state index contributed by atoms with van der Waals surface area (Å²) in [6.45, 7) is 2.24. The van der Waals surface area contributed by atoms with Gasteiger partial charge >= 0.3 is 5.69 Å². The molecule has 0 bridgehead atoms. The lowest BCUT2D eigenvalue weighted by molar-refractivity contribution is 0.557. The quantitative estimate of drug-likeness (QED) is 0.454. The van der Waals surface area contributed by atoms with Crippen LogP contribution in [0.1, 0.15) is 11.3 Å². The van der Waals surface area contributed by atoms with Crippen LogP contribution >= 0.6 is 11.3 Å². The van der Waals surface area contributed by atoms with E-state index in [1.165, 1.54) is 4.88 Å². The molecule has 4 aromatic rings. The number of aromatic nitrogens is 4. The van der Waals surface area contributed by atoms with Gasteiger partial charge in [-0.05, 0) is 24.3 Å². The summed E-state index contributed by atoms with van der Waals surface area (Å²) < 4.78 is 3.86. The molecule has 0 aliphatic rings. The van der Waals surface area contributed by atoms with Crippen molar-refractivity contribution in [3.05, 3.63) is 81.9 Å². The van der Waals surface area contributed by atoms with Crippen LogP contribution in [0.2, 0.25) is 0 Å². The lowest BCUT2D eigenvalue weighted by Gasteiger charge is -2.11. The summed E-state index contributed by atoms with van der Waals surface area (Å²) >= 11 is 1.75. The fourth-order valence-electron chi connectivity index (χ4n) is 3.30. The number of imidazole rings is 2. The van der Waals surface area contributed by atoms with Crippen molar-refractivity contribution in [1.82, 2.24) is 19.1 Å². The van der Waals surface area contributed by atoms with Crippen LogP contribution in [-0.4, -0.2) is 25.6 Å². The molecule has 6 nitrogen and oxygen atoms in total. The molecule has 2 N–H and O–H groups in total. The largest absolute Gasteiger partial charge is 0.369 e. The number of thiophene rings is 1. The molecular formula is C21H23N5OS. The molecule has 0 fully saturated rings. The van der Waals surface area contributed by atoms with Gasteiger partial charge in [-0.1, -0.05) is 36.4 Å². The predicted octanol–water partition coefficient (Wildman–Crippen LogP) is 3.85. The zero-order valence-corrected chi connectivity index (χ0v) is 16.4. The van der Waals surface area contributed by atoms with Crippen molar-refractivity contribution >= 4 is 17.2 Å². The Kier molecular flexibility index (Phi) is 5.72. The maximum absolute atomic E-state index is 12.7. The highest BCUT2D eigenvalue weighted by Gasteiger charge is 2.15. The summed E-state index contributed by atoms with van der Waals surface area (Å²) in [5, 5.41) is 5.52. The van der Waals surface area contributed by atoms with Crippen LogP contribution in [0.3, 0.4) is 0 Å². The minimum absolute atomic E-state index is 0.0805. The average Bonchev–Trinajstić information content (AvgIpc) is 3.46. The summed E-state index contributed by atoms with van der Waals surface area (Å²) in [6.07, 6.45) is 7.29. The lowest BCUT2D eigenvalue weighted by Crippen LogP contribution is -2.18. The maximum atomic E-state index is 12.7. The fourth-order valence-corrected chi connectivity index (χ4v) is 4.01. The number of rotatable bonds is 9. The van der Waals surface area contributed by atoms with E-state index in [-0.39, 0.29) is 5.69 Å². The van der Waals surface area contributed by atoms with Crippen molar-refractivity contribution < 1.29 is 0 Å². The first-order valence-electron chi connectivity index (χ1n) is 9.41. The Bertz CT molecular complexity index is 1030. The van der Waals surface area contributed by atoms with Crippen LogP contribution in [-0.2, 0) is 19.5 Å². The van der Waals surface area contributed by atoms with E-state index in [4.69, 9.17) is 0 Å². The molecule has 0 atom stereocenters. The zero-order valence-electron chi connectivity index (χ0n) is 15.5. The molecule has 28 heavy (non-hydrogen) atoms. The molecule has 0 aliphatic heterocycles. The third-order valence-corrected chi connectivity index (χ3v) is 5.58. The molecule has 0 spiro atoms. The van der Waals surface area contributed by atoms with E-state index in [1.54, 1.807) is 23.9 Å². The Labute approximate surface area is 167 Å². The number of aryl methyl sites for hydroxylation is 1. The number of nitrogens with zero attached hydrogens (tertiary/aromatic N) is 3. The van der Waals surface area contributed by atoms with E-state index in [2.05, 4.69) is 32.8 Å². The number of benzene rings is 1. The molecule has 3 heterocycles. The average molecular weight is 394 g/mol. The van der Waals surface area contributed by atoms with Gasteiger partial charge in [0.15, 0.2) is 0 Å².